The molecule has 0 bridgehead atoms. The van der Waals surface area contributed by atoms with Gasteiger partial charge in [0.1, 0.15) is 5.75 Å². The molecule has 0 radical (unpaired) electrons. The fraction of sp³-hybridized carbons (Fsp3) is 0.667. The van der Waals surface area contributed by atoms with E-state index in [-0.39, 0.29) is 12.7 Å². The van der Waals surface area contributed by atoms with Crippen LogP contribution in [0.2, 0.25) is 0 Å². The first kappa shape index (κ1) is 17.3. The molecule has 1 N–H and O–H groups in total. The van der Waals surface area contributed by atoms with Crippen molar-refractivity contribution in [2.75, 3.05) is 32.8 Å². The number of nitrogens with zero attached hydrogens (tertiary/aromatic N) is 2. The van der Waals surface area contributed by atoms with Gasteiger partial charge in [0.2, 0.25) is 0 Å². The van der Waals surface area contributed by atoms with E-state index in [0.29, 0.717) is 6.04 Å². The van der Waals surface area contributed by atoms with Gasteiger partial charge < -0.3 is 9.84 Å². The zero-order valence-corrected chi connectivity index (χ0v) is 14.2. The van der Waals surface area contributed by atoms with Gasteiger partial charge in [0.15, 0.2) is 0 Å². The van der Waals surface area contributed by atoms with Gasteiger partial charge in [-0.2, -0.15) is 0 Å². The summed E-state index contributed by atoms with van der Waals surface area (Å²) in [4.78, 5) is 4.89. The van der Waals surface area contributed by atoms with Gasteiger partial charge in [0.05, 0.1) is 12.7 Å². The minimum atomic E-state index is 0.202. The number of benzene rings is 1. The molecule has 22 heavy (non-hydrogen) atoms. The highest BCUT2D eigenvalue weighted by atomic mass is 16.5. The van der Waals surface area contributed by atoms with E-state index in [2.05, 4.69) is 48.8 Å². The van der Waals surface area contributed by atoms with Crippen molar-refractivity contribution in [3.63, 3.8) is 0 Å². The zero-order valence-electron chi connectivity index (χ0n) is 14.2. The van der Waals surface area contributed by atoms with E-state index in [1.807, 2.05) is 6.07 Å². The maximum Gasteiger partial charge on any atom is 0.124 e. The van der Waals surface area contributed by atoms with Gasteiger partial charge in [-0.15, -0.1) is 0 Å². The van der Waals surface area contributed by atoms with Crippen molar-refractivity contribution in [2.24, 2.45) is 0 Å². The molecule has 4 heteroatoms. The lowest BCUT2D eigenvalue weighted by Crippen LogP contribution is -2.50. The third-order valence-corrected chi connectivity index (χ3v) is 4.33. The van der Waals surface area contributed by atoms with Crippen molar-refractivity contribution in [2.45, 2.75) is 45.9 Å². The third-order valence-electron chi connectivity index (χ3n) is 4.33. The quantitative estimate of drug-likeness (QED) is 0.839. The molecule has 0 spiro atoms. The average molecular weight is 306 g/mol. The molecule has 0 amide bonds. The van der Waals surface area contributed by atoms with E-state index in [1.54, 1.807) is 0 Å². The van der Waals surface area contributed by atoms with Crippen molar-refractivity contribution in [3.05, 3.63) is 29.8 Å². The normalized spacial score (nSPS) is 18.6. The van der Waals surface area contributed by atoms with Crippen molar-refractivity contribution in [3.8, 4) is 5.75 Å². The predicted octanol–water partition coefficient (Wildman–Crippen LogP) is 2.36. The Morgan fingerprint density at radius 2 is 1.82 bits per heavy atom. The summed E-state index contributed by atoms with van der Waals surface area (Å²) in [5.41, 5.74) is 1.26. The number of aliphatic hydroxyl groups is 1. The second kappa shape index (κ2) is 8.51. The minimum absolute atomic E-state index is 0.202. The van der Waals surface area contributed by atoms with Crippen molar-refractivity contribution in [1.82, 2.24) is 9.80 Å². The molecule has 1 aromatic rings. The maximum atomic E-state index is 9.43. The Labute approximate surface area is 134 Å². The zero-order chi connectivity index (χ0) is 15.9. The van der Waals surface area contributed by atoms with E-state index in [4.69, 9.17) is 4.74 Å². The minimum Gasteiger partial charge on any atom is -0.491 e. The monoisotopic (exact) mass is 306 g/mol. The molecule has 1 heterocycles. The summed E-state index contributed by atoms with van der Waals surface area (Å²) in [5, 5.41) is 9.43. The number of piperazine rings is 1. The van der Waals surface area contributed by atoms with E-state index in [0.717, 1.165) is 44.9 Å². The summed E-state index contributed by atoms with van der Waals surface area (Å²) in [6, 6.07) is 8.65. The first-order valence-electron chi connectivity index (χ1n) is 8.45. The molecule has 1 aromatic carbocycles. The van der Waals surface area contributed by atoms with Crippen LogP contribution < -0.4 is 4.74 Å². The first-order chi connectivity index (χ1) is 10.6. The molecule has 1 saturated heterocycles. The fourth-order valence-electron chi connectivity index (χ4n) is 3.03. The molecule has 1 aliphatic heterocycles. The largest absolute Gasteiger partial charge is 0.491 e. The van der Waals surface area contributed by atoms with Crippen LogP contribution in [0.15, 0.2) is 24.3 Å². The van der Waals surface area contributed by atoms with Crippen LogP contribution in [-0.4, -0.2) is 59.8 Å². The van der Waals surface area contributed by atoms with Gasteiger partial charge in [-0.3, -0.25) is 9.80 Å². The van der Waals surface area contributed by atoms with Crippen LogP contribution >= 0.6 is 0 Å². The molecule has 0 saturated carbocycles. The number of hydrogen-bond donors (Lipinski definition) is 1. The van der Waals surface area contributed by atoms with E-state index in [1.165, 1.54) is 5.56 Å². The number of hydrogen-bond acceptors (Lipinski definition) is 4. The van der Waals surface area contributed by atoms with Gasteiger partial charge in [-0.25, -0.2) is 0 Å². The molecule has 0 aromatic heterocycles. The number of ether oxygens (including phenoxy) is 1. The third kappa shape index (κ3) is 4.70. The summed E-state index contributed by atoms with van der Waals surface area (Å²) >= 11 is 0. The van der Waals surface area contributed by atoms with Crippen LogP contribution in [0, 0.1) is 0 Å². The number of aliphatic hydroxyl groups excluding tert-OH is 1. The topological polar surface area (TPSA) is 35.9 Å². The lowest BCUT2D eigenvalue weighted by Gasteiger charge is -2.38. The van der Waals surface area contributed by atoms with Gasteiger partial charge in [0, 0.05) is 44.3 Å². The maximum absolute atomic E-state index is 9.43. The Balaban J connectivity index is 1.91. The van der Waals surface area contributed by atoms with Crippen molar-refractivity contribution in [1.29, 1.82) is 0 Å². The molecule has 124 valence electrons. The molecule has 2 rings (SSSR count). The van der Waals surface area contributed by atoms with Crippen LogP contribution in [0.3, 0.4) is 0 Å². The van der Waals surface area contributed by atoms with Crippen LogP contribution in [-0.2, 0) is 6.54 Å². The Morgan fingerprint density at radius 3 is 2.41 bits per heavy atom. The predicted molar refractivity (Wildman–Crippen MR) is 90.2 cm³/mol. The van der Waals surface area contributed by atoms with Crippen molar-refractivity contribution < 1.29 is 9.84 Å². The molecular formula is C18H30N2O2. The Kier molecular flexibility index (Phi) is 6.68. The van der Waals surface area contributed by atoms with Crippen LogP contribution in [0.5, 0.6) is 5.75 Å². The van der Waals surface area contributed by atoms with Crippen LogP contribution in [0.4, 0.5) is 0 Å². The van der Waals surface area contributed by atoms with Gasteiger partial charge in [0.25, 0.3) is 0 Å². The van der Waals surface area contributed by atoms with Crippen LogP contribution in [0.25, 0.3) is 0 Å². The van der Waals surface area contributed by atoms with Gasteiger partial charge in [-0.05, 0) is 26.3 Å². The van der Waals surface area contributed by atoms with Gasteiger partial charge in [-0.1, -0.05) is 25.1 Å². The molecule has 4 nitrogen and oxygen atoms in total. The molecule has 1 unspecified atom stereocenters. The lowest BCUT2D eigenvalue weighted by atomic mass is 10.1. The first-order valence-corrected chi connectivity index (χ1v) is 8.45. The second-order valence-electron chi connectivity index (χ2n) is 6.33. The van der Waals surface area contributed by atoms with E-state index >= 15 is 0 Å². The van der Waals surface area contributed by atoms with Crippen molar-refractivity contribution >= 4 is 0 Å². The molecule has 0 aliphatic carbocycles. The smallest absolute Gasteiger partial charge is 0.124 e. The van der Waals surface area contributed by atoms with E-state index in [9.17, 15) is 5.11 Å². The van der Waals surface area contributed by atoms with Gasteiger partial charge >= 0.3 is 0 Å². The highest BCUT2D eigenvalue weighted by Crippen LogP contribution is 2.22. The molecule has 1 fully saturated rings. The SMILES string of the molecule is CCC(CO)N1CCN(Cc2ccccc2OC(C)C)CC1. The summed E-state index contributed by atoms with van der Waals surface area (Å²) in [5.74, 6) is 1.00. The Bertz CT molecular complexity index is 438. The fourth-order valence-corrected chi connectivity index (χ4v) is 3.03. The van der Waals surface area contributed by atoms with E-state index < -0.39 is 0 Å². The Hall–Kier alpha value is -1.10. The second-order valence-corrected chi connectivity index (χ2v) is 6.33. The summed E-state index contributed by atoms with van der Waals surface area (Å²) in [7, 11) is 0. The lowest BCUT2D eigenvalue weighted by molar-refractivity contribution is 0.0603. The summed E-state index contributed by atoms with van der Waals surface area (Å²) in [6.45, 7) is 11.6. The molecule has 1 atom stereocenters. The van der Waals surface area contributed by atoms with Crippen LogP contribution in [0.1, 0.15) is 32.8 Å². The summed E-state index contributed by atoms with van der Waals surface area (Å²) < 4.78 is 5.91. The highest BCUT2D eigenvalue weighted by molar-refractivity contribution is 5.33. The molecular weight excluding hydrogens is 276 g/mol. The average Bonchev–Trinajstić information content (AvgIpc) is 2.51. The number of rotatable bonds is 7. The Morgan fingerprint density at radius 1 is 1.14 bits per heavy atom. The number of para-hydroxylation sites is 1. The summed E-state index contributed by atoms with van der Waals surface area (Å²) in [6.07, 6.45) is 1.22. The highest BCUT2D eigenvalue weighted by Gasteiger charge is 2.22. The standard InChI is InChI=1S/C18H30N2O2/c1-4-17(14-21)20-11-9-19(10-12-20)13-16-7-5-6-8-18(16)22-15(2)3/h5-8,15,17,21H,4,9-14H2,1-3H3. The molecule has 1 aliphatic rings.